The number of nitrogens with zero attached hydrogens (tertiary/aromatic N) is 5. The second-order valence-corrected chi connectivity index (χ2v) is 9.97. The number of amides is 2. The number of benzene rings is 1. The lowest BCUT2D eigenvalue weighted by atomic mass is 10.1. The molecule has 3 heterocycles. The molecule has 1 aromatic heterocycles. The van der Waals surface area contributed by atoms with Crippen molar-refractivity contribution < 1.29 is 18.0 Å². The van der Waals surface area contributed by atoms with Gasteiger partial charge in [0.2, 0.25) is 21.8 Å². The standard InChI is InChI=1S/C21H27N5O4S/c1-15-20(16(2)23(3)22-15)31(29,30)25-11-9-24(10-12-25)21(28)17-13-19(27)26(14-17)18-7-5-4-6-8-18/h4-8,17H,9-14H2,1-3H3. The van der Waals surface area contributed by atoms with Crippen molar-refractivity contribution in [3.63, 3.8) is 0 Å². The van der Waals surface area contributed by atoms with Crippen LogP contribution in [0, 0.1) is 19.8 Å². The fourth-order valence-corrected chi connectivity index (χ4v) is 6.22. The van der Waals surface area contributed by atoms with E-state index in [4.69, 9.17) is 0 Å². The van der Waals surface area contributed by atoms with Gasteiger partial charge in [-0.15, -0.1) is 0 Å². The van der Waals surface area contributed by atoms with Crippen LogP contribution in [-0.4, -0.2) is 71.9 Å². The Morgan fingerprint density at radius 1 is 1.06 bits per heavy atom. The molecule has 4 rings (SSSR count). The minimum Gasteiger partial charge on any atom is -0.340 e. The van der Waals surface area contributed by atoms with E-state index in [-0.39, 0.29) is 36.2 Å². The molecule has 1 aromatic carbocycles. The van der Waals surface area contributed by atoms with Gasteiger partial charge in [-0.2, -0.15) is 9.40 Å². The molecule has 0 bridgehead atoms. The molecule has 10 heteroatoms. The minimum atomic E-state index is -3.67. The van der Waals surface area contributed by atoms with E-state index in [1.54, 1.807) is 35.4 Å². The van der Waals surface area contributed by atoms with Crippen LogP contribution in [0.2, 0.25) is 0 Å². The van der Waals surface area contributed by atoms with Gasteiger partial charge >= 0.3 is 0 Å². The topological polar surface area (TPSA) is 95.8 Å². The number of carbonyl (C=O) groups is 2. The number of hydrogen-bond acceptors (Lipinski definition) is 5. The van der Waals surface area contributed by atoms with E-state index < -0.39 is 15.9 Å². The van der Waals surface area contributed by atoms with E-state index in [1.807, 2.05) is 30.3 Å². The molecule has 9 nitrogen and oxygen atoms in total. The third-order valence-electron chi connectivity index (χ3n) is 6.13. The number of sulfonamides is 1. The summed E-state index contributed by atoms with van der Waals surface area (Å²) < 4.78 is 29.3. The highest BCUT2D eigenvalue weighted by molar-refractivity contribution is 7.89. The summed E-state index contributed by atoms with van der Waals surface area (Å²) in [6.07, 6.45) is 0.181. The van der Waals surface area contributed by atoms with E-state index in [1.165, 1.54) is 4.31 Å². The van der Waals surface area contributed by atoms with Crippen LogP contribution >= 0.6 is 0 Å². The molecule has 2 fully saturated rings. The number of aromatic nitrogens is 2. The lowest BCUT2D eigenvalue weighted by molar-refractivity contribution is -0.136. The Morgan fingerprint density at radius 3 is 2.29 bits per heavy atom. The maximum atomic E-state index is 13.1. The van der Waals surface area contributed by atoms with Crippen molar-refractivity contribution in [3.8, 4) is 0 Å². The number of rotatable bonds is 4. The number of carbonyl (C=O) groups excluding carboxylic acids is 2. The smallest absolute Gasteiger partial charge is 0.246 e. The Hall–Kier alpha value is -2.72. The first-order valence-electron chi connectivity index (χ1n) is 10.3. The fraction of sp³-hybridized carbons (Fsp3) is 0.476. The lowest BCUT2D eigenvalue weighted by Gasteiger charge is -2.35. The summed E-state index contributed by atoms with van der Waals surface area (Å²) in [5.41, 5.74) is 1.87. The largest absolute Gasteiger partial charge is 0.340 e. The molecule has 0 saturated carbocycles. The van der Waals surface area contributed by atoms with Gasteiger partial charge in [-0.25, -0.2) is 8.42 Å². The third-order valence-corrected chi connectivity index (χ3v) is 8.28. The van der Waals surface area contributed by atoms with Gasteiger partial charge in [-0.3, -0.25) is 14.3 Å². The number of anilines is 1. The quantitative estimate of drug-likeness (QED) is 0.698. The van der Waals surface area contributed by atoms with Crippen molar-refractivity contribution in [2.45, 2.75) is 25.2 Å². The van der Waals surface area contributed by atoms with E-state index in [2.05, 4.69) is 5.10 Å². The van der Waals surface area contributed by atoms with Crippen LogP contribution in [-0.2, 0) is 26.7 Å². The SMILES string of the molecule is Cc1nn(C)c(C)c1S(=O)(=O)N1CCN(C(=O)C2CC(=O)N(c3ccccc3)C2)CC1. The number of piperazine rings is 1. The van der Waals surface area contributed by atoms with Gasteiger partial charge in [0.1, 0.15) is 4.90 Å². The lowest BCUT2D eigenvalue weighted by Crippen LogP contribution is -2.52. The van der Waals surface area contributed by atoms with Gasteiger partial charge < -0.3 is 9.80 Å². The van der Waals surface area contributed by atoms with E-state index in [0.29, 0.717) is 31.0 Å². The molecule has 2 amide bonds. The maximum absolute atomic E-state index is 13.1. The van der Waals surface area contributed by atoms with Gasteiger partial charge in [0.15, 0.2) is 0 Å². The molecule has 0 spiro atoms. The van der Waals surface area contributed by atoms with Crippen LogP contribution in [0.4, 0.5) is 5.69 Å². The molecule has 2 aliphatic rings. The van der Waals surface area contributed by atoms with Crippen LogP contribution in [0.1, 0.15) is 17.8 Å². The van der Waals surface area contributed by atoms with E-state index in [0.717, 1.165) is 5.69 Å². The number of hydrogen-bond donors (Lipinski definition) is 0. The summed E-state index contributed by atoms with van der Waals surface area (Å²) in [6, 6.07) is 9.33. The maximum Gasteiger partial charge on any atom is 0.246 e. The van der Waals surface area contributed by atoms with Gasteiger partial charge in [0.05, 0.1) is 17.3 Å². The van der Waals surface area contributed by atoms with Crippen molar-refractivity contribution in [1.82, 2.24) is 19.0 Å². The zero-order valence-corrected chi connectivity index (χ0v) is 18.8. The summed E-state index contributed by atoms with van der Waals surface area (Å²) in [5.74, 6) is -0.551. The van der Waals surface area contributed by atoms with E-state index >= 15 is 0 Å². The molecule has 166 valence electrons. The van der Waals surface area contributed by atoms with Crippen molar-refractivity contribution in [2.75, 3.05) is 37.6 Å². The molecule has 1 unspecified atom stereocenters. The Balaban J connectivity index is 1.41. The summed E-state index contributed by atoms with van der Waals surface area (Å²) in [4.78, 5) is 29.0. The van der Waals surface area contributed by atoms with Crippen molar-refractivity contribution >= 4 is 27.5 Å². The zero-order chi connectivity index (χ0) is 22.3. The summed E-state index contributed by atoms with van der Waals surface area (Å²) >= 11 is 0. The normalized spacial score (nSPS) is 20.5. The predicted octanol–water partition coefficient (Wildman–Crippen LogP) is 0.923. The Bertz CT molecular complexity index is 1100. The highest BCUT2D eigenvalue weighted by Gasteiger charge is 2.39. The molecule has 0 aliphatic carbocycles. The van der Waals surface area contributed by atoms with Gasteiger partial charge in [-0.05, 0) is 26.0 Å². The molecule has 31 heavy (non-hydrogen) atoms. The van der Waals surface area contributed by atoms with Gasteiger partial charge in [0.25, 0.3) is 0 Å². The van der Waals surface area contributed by atoms with Gasteiger partial charge in [0, 0.05) is 51.9 Å². The summed E-state index contributed by atoms with van der Waals surface area (Å²) in [5, 5.41) is 4.22. The van der Waals surface area contributed by atoms with Crippen LogP contribution < -0.4 is 4.90 Å². The van der Waals surface area contributed by atoms with Crippen molar-refractivity contribution in [2.24, 2.45) is 13.0 Å². The monoisotopic (exact) mass is 445 g/mol. The zero-order valence-electron chi connectivity index (χ0n) is 18.0. The van der Waals surface area contributed by atoms with Crippen molar-refractivity contribution in [1.29, 1.82) is 0 Å². The highest BCUT2D eigenvalue weighted by atomic mass is 32.2. The Kier molecular flexibility index (Phi) is 5.61. The number of para-hydroxylation sites is 1. The first-order valence-corrected chi connectivity index (χ1v) is 11.8. The van der Waals surface area contributed by atoms with Crippen molar-refractivity contribution in [3.05, 3.63) is 41.7 Å². The first-order chi connectivity index (χ1) is 14.7. The minimum absolute atomic E-state index is 0.0618. The summed E-state index contributed by atoms with van der Waals surface area (Å²) in [6.45, 7) is 4.86. The molecule has 2 aromatic rings. The molecular weight excluding hydrogens is 418 g/mol. The van der Waals surface area contributed by atoms with Gasteiger partial charge in [-0.1, -0.05) is 18.2 Å². The molecule has 1 atom stereocenters. The molecule has 0 N–H and O–H groups in total. The Morgan fingerprint density at radius 2 is 1.71 bits per heavy atom. The second kappa shape index (κ2) is 8.08. The highest BCUT2D eigenvalue weighted by Crippen LogP contribution is 2.28. The fourth-order valence-electron chi connectivity index (χ4n) is 4.39. The second-order valence-electron chi connectivity index (χ2n) is 8.09. The van der Waals surface area contributed by atoms with Crippen LogP contribution in [0.5, 0.6) is 0 Å². The Labute approximate surface area is 182 Å². The van der Waals surface area contributed by atoms with Crippen LogP contribution in [0.25, 0.3) is 0 Å². The van der Waals surface area contributed by atoms with Crippen LogP contribution in [0.15, 0.2) is 35.2 Å². The molecule has 0 radical (unpaired) electrons. The molecule has 2 saturated heterocycles. The van der Waals surface area contributed by atoms with Crippen LogP contribution in [0.3, 0.4) is 0 Å². The predicted molar refractivity (Wildman–Crippen MR) is 115 cm³/mol. The average Bonchev–Trinajstić information content (AvgIpc) is 3.27. The number of aryl methyl sites for hydroxylation is 2. The third kappa shape index (κ3) is 3.85. The molecule has 2 aliphatic heterocycles. The first kappa shape index (κ1) is 21.5. The summed E-state index contributed by atoms with van der Waals surface area (Å²) in [7, 11) is -1.95. The average molecular weight is 446 g/mol. The van der Waals surface area contributed by atoms with E-state index in [9.17, 15) is 18.0 Å². The molecular formula is C21H27N5O4S.